The second-order valence-corrected chi connectivity index (χ2v) is 19.2. The lowest BCUT2D eigenvalue weighted by molar-refractivity contribution is -0.384. The number of nitrogens with zero attached hydrogens (tertiary/aromatic N) is 2. The molecule has 0 saturated heterocycles. The van der Waals surface area contributed by atoms with Crippen molar-refractivity contribution < 1.29 is 32.9 Å². The van der Waals surface area contributed by atoms with Crippen molar-refractivity contribution in [1.29, 1.82) is 0 Å². The van der Waals surface area contributed by atoms with E-state index in [0.717, 1.165) is 27.7 Å². The Morgan fingerprint density at radius 3 is 2.19 bits per heavy atom. The first-order valence-electron chi connectivity index (χ1n) is 21.8. The summed E-state index contributed by atoms with van der Waals surface area (Å²) < 4.78 is 29.3. The largest absolute Gasteiger partial charge is 0.382 e. The Morgan fingerprint density at radius 2 is 1.49 bits per heavy atom. The maximum Gasteiger partial charge on any atom is 0.293 e. The first kappa shape index (κ1) is 52.0. The van der Waals surface area contributed by atoms with E-state index in [1.807, 2.05) is 103 Å². The van der Waals surface area contributed by atoms with Crippen molar-refractivity contribution in [3.63, 3.8) is 0 Å². The summed E-state index contributed by atoms with van der Waals surface area (Å²) in [6.07, 6.45) is 3.34. The highest BCUT2D eigenvalue weighted by atomic mass is 35.5. The number of hydroxylamine groups is 1. The first-order chi connectivity index (χ1) is 32.2. The Hall–Kier alpha value is -6.02. The summed E-state index contributed by atoms with van der Waals surface area (Å²) in [6, 6.07) is 33.0. The highest BCUT2D eigenvalue weighted by molar-refractivity contribution is 7.99. The molecular weight excluding hydrogens is 916 g/mol. The van der Waals surface area contributed by atoms with Crippen LogP contribution in [0.4, 0.5) is 22.7 Å². The number of nitro groups is 1. The van der Waals surface area contributed by atoms with Crippen molar-refractivity contribution in [2.75, 3.05) is 55.4 Å². The molecule has 1 atom stereocenters. The van der Waals surface area contributed by atoms with Crippen LogP contribution in [0.5, 0.6) is 0 Å². The van der Waals surface area contributed by atoms with Gasteiger partial charge in [0.25, 0.3) is 21.6 Å². The normalized spacial score (nSPS) is 11.7. The summed E-state index contributed by atoms with van der Waals surface area (Å²) in [7, 11) is -0.747. The van der Waals surface area contributed by atoms with Gasteiger partial charge in [-0.05, 0) is 111 Å². The fraction of sp³-hybridized carbons (Fsp3) is 0.312. The van der Waals surface area contributed by atoms with Crippen LogP contribution in [0.3, 0.4) is 0 Å². The van der Waals surface area contributed by atoms with Crippen LogP contribution >= 0.6 is 23.4 Å². The van der Waals surface area contributed by atoms with E-state index in [9.17, 15) is 32.9 Å². The van der Waals surface area contributed by atoms with Crippen molar-refractivity contribution in [3.05, 3.63) is 142 Å². The monoisotopic (exact) mass is 972 g/mol. The van der Waals surface area contributed by atoms with Gasteiger partial charge in [0.1, 0.15) is 5.69 Å². The van der Waals surface area contributed by atoms with E-state index in [1.54, 1.807) is 23.3 Å². The summed E-state index contributed by atoms with van der Waals surface area (Å²) in [5, 5.41) is 34.5. The van der Waals surface area contributed by atoms with Gasteiger partial charge in [0.2, 0.25) is 11.8 Å². The van der Waals surface area contributed by atoms with E-state index >= 15 is 0 Å². The Morgan fingerprint density at radius 1 is 0.806 bits per heavy atom. The van der Waals surface area contributed by atoms with Crippen LogP contribution in [0.25, 0.3) is 11.1 Å². The van der Waals surface area contributed by atoms with Crippen LogP contribution < -0.4 is 31.5 Å². The maximum absolute atomic E-state index is 13.6. The molecule has 19 heteroatoms. The van der Waals surface area contributed by atoms with Crippen molar-refractivity contribution in [1.82, 2.24) is 20.4 Å². The fourth-order valence-electron chi connectivity index (χ4n) is 6.97. The van der Waals surface area contributed by atoms with Gasteiger partial charge in [-0.1, -0.05) is 79.0 Å². The number of hydrogen-bond donors (Lipinski definition) is 7. The molecule has 0 bridgehead atoms. The zero-order valence-electron chi connectivity index (χ0n) is 37.4. The van der Waals surface area contributed by atoms with Gasteiger partial charge in [-0.25, -0.2) is 18.6 Å². The average molecular weight is 974 g/mol. The molecule has 7 N–H and O–H groups in total. The Kier molecular flexibility index (Phi) is 20.4. The topological polar surface area (TPSA) is 224 Å². The number of carbonyl (C=O) groups is 3. The molecule has 0 aromatic heterocycles. The lowest BCUT2D eigenvalue weighted by Crippen LogP contribution is -2.31. The van der Waals surface area contributed by atoms with E-state index < -0.39 is 37.3 Å². The van der Waals surface area contributed by atoms with Gasteiger partial charge >= 0.3 is 0 Å². The number of unbranched alkanes of at least 4 members (excludes halogenated alkanes) is 3. The number of carbonyl (C=O) groups excluding carboxylic acids is 3. The first-order valence-corrected chi connectivity index (χ1v) is 24.7. The molecule has 0 aliphatic carbocycles. The van der Waals surface area contributed by atoms with Crippen LogP contribution in [0, 0.1) is 10.1 Å². The number of sulfonamides is 1. The van der Waals surface area contributed by atoms with E-state index in [0.29, 0.717) is 74.7 Å². The number of nitrogens with one attached hydrogen (secondary N) is 6. The fourth-order valence-corrected chi connectivity index (χ4v) is 9.08. The molecule has 16 nitrogen and oxygen atoms in total. The molecule has 3 amide bonds. The number of nitro benzene ring substituents is 1. The van der Waals surface area contributed by atoms with Gasteiger partial charge in [-0.2, -0.15) is 0 Å². The minimum absolute atomic E-state index is 0.0871. The Labute approximate surface area is 400 Å². The molecule has 0 aliphatic heterocycles. The number of benzene rings is 5. The predicted octanol–water partition coefficient (Wildman–Crippen LogP) is 8.54. The molecule has 5 aromatic carbocycles. The van der Waals surface area contributed by atoms with Crippen molar-refractivity contribution in [2.24, 2.45) is 0 Å². The van der Waals surface area contributed by atoms with E-state index in [1.165, 1.54) is 24.3 Å². The van der Waals surface area contributed by atoms with E-state index in [4.69, 9.17) is 16.8 Å². The number of anilines is 3. The molecule has 0 saturated carbocycles. The van der Waals surface area contributed by atoms with Gasteiger partial charge in [0, 0.05) is 65.8 Å². The summed E-state index contributed by atoms with van der Waals surface area (Å²) in [4.78, 5) is 52.3. The van der Waals surface area contributed by atoms with Crippen molar-refractivity contribution in [3.8, 4) is 11.1 Å². The zero-order chi connectivity index (χ0) is 48.2. The molecule has 356 valence electrons. The van der Waals surface area contributed by atoms with E-state index in [-0.39, 0.29) is 41.7 Å². The van der Waals surface area contributed by atoms with Crippen LogP contribution in [0.15, 0.2) is 125 Å². The number of hydrogen-bond acceptors (Lipinski definition) is 13. The van der Waals surface area contributed by atoms with Crippen molar-refractivity contribution in [2.45, 2.75) is 67.3 Å². The van der Waals surface area contributed by atoms with Gasteiger partial charge in [-0.3, -0.25) is 29.7 Å². The molecule has 5 rings (SSSR count). The Balaban J connectivity index is 1.27. The SMILES string of the molecule is CN(C)CC[C@H](CSc1ccccc1)Nc1ccc(S(=O)(=O)NC(=O)c2ccc(NCCNCc3ccccc3-c3ccc(Cl)cc3)c(NC(=O)CCCCCCC(=O)NO)c2)cc1[N+](=O)[O-]. The maximum atomic E-state index is 13.6. The highest BCUT2D eigenvalue weighted by Crippen LogP contribution is 2.31. The van der Waals surface area contributed by atoms with Crippen molar-refractivity contribution >= 4 is 73.9 Å². The molecule has 67 heavy (non-hydrogen) atoms. The quantitative estimate of drug-likeness (QED) is 0.00863. The summed E-state index contributed by atoms with van der Waals surface area (Å²) in [5.41, 5.74) is 5.09. The van der Waals surface area contributed by atoms with Gasteiger partial charge in [0.05, 0.1) is 21.2 Å². The van der Waals surface area contributed by atoms with Crippen LogP contribution in [0.1, 0.15) is 60.9 Å². The summed E-state index contributed by atoms with van der Waals surface area (Å²) >= 11 is 7.70. The molecule has 0 radical (unpaired) electrons. The van der Waals surface area contributed by atoms with Crippen LogP contribution in [0.2, 0.25) is 5.02 Å². The third-order valence-electron chi connectivity index (χ3n) is 10.5. The van der Waals surface area contributed by atoms with E-state index in [2.05, 4.69) is 21.3 Å². The molecular formula is C48H57ClN8O8S2. The molecule has 0 spiro atoms. The lowest BCUT2D eigenvalue weighted by Gasteiger charge is -2.22. The molecule has 0 heterocycles. The second-order valence-electron chi connectivity index (χ2n) is 16.0. The predicted molar refractivity (Wildman–Crippen MR) is 265 cm³/mol. The lowest BCUT2D eigenvalue weighted by atomic mass is 10.00. The number of amides is 3. The molecule has 5 aromatic rings. The summed E-state index contributed by atoms with van der Waals surface area (Å²) in [6.45, 7) is 2.20. The number of thioether (sulfide) groups is 1. The van der Waals surface area contributed by atoms with Gasteiger partial charge in [-0.15, -0.1) is 11.8 Å². The molecule has 0 aliphatic rings. The summed E-state index contributed by atoms with van der Waals surface area (Å²) in [5.74, 6) is -1.25. The zero-order valence-corrected chi connectivity index (χ0v) is 39.8. The van der Waals surface area contributed by atoms with Crippen LogP contribution in [-0.4, -0.2) is 86.7 Å². The molecule has 0 unspecified atom stereocenters. The average Bonchev–Trinajstić information content (AvgIpc) is 3.31. The third-order valence-corrected chi connectivity index (χ3v) is 13.3. The number of rotatable bonds is 27. The standard InChI is InChI=1S/C48H57ClN8O8S2/c1-56(2)29-26-38(33-66-39-13-6-5-7-14-39)52-43-25-23-40(31-45(43)57(62)63)67(64,65)55-48(60)35-20-24-42(44(30-35)53-46(58)16-8-3-4-9-17-47(59)54-61)51-28-27-50-32-36-12-10-11-15-41(36)34-18-21-37(49)22-19-34/h5-7,10-15,18-25,30-31,38,50-52,61H,3-4,8-9,16-17,26-29,32-33H2,1-2H3,(H,53,58)(H,54,59)(H,55,60)/t38-/m1/s1. The van der Waals surface area contributed by atoms with Gasteiger partial charge in [0.15, 0.2) is 0 Å². The minimum Gasteiger partial charge on any atom is -0.382 e. The second kappa shape index (κ2) is 26.4. The Bertz CT molecular complexity index is 2550. The van der Waals surface area contributed by atoms with Crippen LogP contribution in [-0.2, 0) is 26.2 Å². The minimum atomic E-state index is -4.61. The molecule has 0 fully saturated rings. The van der Waals surface area contributed by atoms with Gasteiger partial charge < -0.3 is 26.2 Å². The third kappa shape index (κ3) is 17.0. The number of halogens is 1. The highest BCUT2D eigenvalue weighted by Gasteiger charge is 2.26. The smallest absolute Gasteiger partial charge is 0.293 e.